The van der Waals surface area contributed by atoms with E-state index in [9.17, 15) is 0 Å². The Morgan fingerprint density at radius 2 is 2.07 bits per heavy atom. The highest BCUT2D eigenvalue weighted by Crippen LogP contribution is 2.18. The quantitative estimate of drug-likeness (QED) is 0.227. The molecule has 8 heteroatoms. The molecule has 2 N–H and O–H groups in total. The Kier molecular flexibility index (Phi) is 11.6. The first-order valence-corrected chi connectivity index (χ1v) is 10.6. The number of pyridine rings is 1. The van der Waals surface area contributed by atoms with Crippen molar-refractivity contribution in [1.82, 2.24) is 15.6 Å². The third kappa shape index (κ3) is 8.64. The fourth-order valence-corrected chi connectivity index (χ4v) is 3.64. The summed E-state index contributed by atoms with van der Waals surface area (Å²) in [6.07, 6.45) is 7.65. The molecule has 2 saturated heterocycles. The fourth-order valence-electron chi connectivity index (χ4n) is 3.64. The summed E-state index contributed by atoms with van der Waals surface area (Å²) in [6, 6.07) is 4.24. The van der Waals surface area contributed by atoms with E-state index in [1.165, 1.54) is 18.4 Å². The second kappa shape index (κ2) is 14.0. The van der Waals surface area contributed by atoms with E-state index >= 15 is 0 Å². The van der Waals surface area contributed by atoms with Crippen molar-refractivity contribution in [1.29, 1.82) is 0 Å². The van der Waals surface area contributed by atoms with Gasteiger partial charge in [-0.05, 0) is 55.7 Å². The molecule has 2 aliphatic rings. The molecule has 0 spiro atoms. The van der Waals surface area contributed by atoms with Crippen LogP contribution in [-0.4, -0.2) is 64.1 Å². The van der Waals surface area contributed by atoms with Gasteiger partial charge in [-0.3, -0.25) is 4.99 Å². The normalized spacial score (nSPS) is 17.8. The molecule has 3 rings (SSSR count). The molecule has 2 aliphatic heterocycles. The van der Waals surface area contributed by atoms with Crippen LogP contribution in [0.5, 0.6) is 0 Å². The Morgan fingerprint density at radius 1 is 1.28 bits per heavy atom. The number of hydrogen-bond acceptors (Lipinski definition) is 5. The molecule has 2 fully saturated rings. The summed E-state index contributed by atoms with van der Waals surface area (Å²) in [5.41, 5.74) is 1.22. The van der Waals surface area contributed by atoms with Gasteiger partial charge in [-0.1, -0.05) is 0 Å². The maximum Gasteiger partial charge on any atom is 0.191 e. The summed E-state index contributed by atoms with van der Waals surface area (Å²) < 4.78 is 11.2. The lowest BCUT2D eigenvalue weighted by Crippen LogP contribution is -2.37. The molecule has 0 bridgehead atoms. The van der Waals surface area contributed by atoms with Gasteiger partial charge in [0.1, 0.15) is 5.82 Å². The van der Waals surface area contributed by atoms with Gasteiger partial charge in [0.05, 0.1) is 0 Å². The number of nitrogens with one attached hydrogen (secondary N) is 2. The maximum atomic E-state index is 5.81. The van der Waals surface area contributed by atoms with Crippen LogP contribution in [0.3, 0.4) is 0 Å². The molecule has 0 aliphatic carbocycles. The molecule has 1 aromatic rings. The van der Waals surface area contributed by atoms with Crippen LogP contribution in [0.25, 0.3) is 0 Å². The SMILES string of the molecule is CN=C(NCCCOCC1CCOCC1)NCc1ccnc(N2CCCC2)c1.I. The highest BCUT2D eigenvalue weighted by molar-refractivity contribution is 14.0. The van der Waals surface area contributed by atoms with Gasteiger partial charge in [0.15, 0.2) is 5.96 Å². The molecule has 0 saturated carbocycles. The molecule has 7 nitrogen and oxygen atoms in total. The summed E-state index contributed by atoms with van der Waals surface area (Å²) in [6.45, 7) is 7.23. The Bertz CT molecular complexity index is 604. The number of guanidine groups is 1. The van der Waals surface area contributed by atoms with Gasteiger partial charge in [-0.2, -0.15) is 0 Å². The number of ether oxygens (including phenoxy) is 2. The van der Waals surface area contributed by atoms with Crippen LogP contribution in [0.1, 0.15) is 37.7 Å². The number of hydrogen-bond donors (Lipinski definition) is 2. The van der Waals surface area contributed by atoms with E-state index in [0.717, 1.165) is 83.6 Å². The number of anilines is 1. The highest BCUT2D eigenvalue weighted by Gasteiger charge is 2.14. The standard InChI is InChI=1S/C21H35N5O2.HI/c1-22-21(24-8-4-12-28-17-18-6-13-27-14-7-18)25-16-19-5-9-23-20(15-19)26-10-2-3-11-26;/h5,9,15,18H,2-4,6-8,10-14,16-17H2,1H3,(H2,22,24,25);1H. The van der Waals surface area contributed by atoms with Gasteiger partial charge in [0, 0.05) is 65.9 Å². The van der Waals surface area contributed by atoms with Crippen molar-refractivity contribution >= 4 is 35.8 Å². The molecule has 0 radical (unpaired) electrons. The zero-order valence-corrected chi connectivity index (χ0v) is 19.9. The number of nitrogens with zero attached hydrogens (tertiary/aromatic N) is 3. The maximum absolute atomic E-state index is 5.81. The van der Waals surface area contributed by atoms with Crippen LogP contribution in [0.2, 0.25) is 0 Å². The fraction of sp³-hybridized carbons (Fsp3) is 0.714. The predicted octanol–water partition coefficient (Wildman–Crippen LogP) is 2.80. The monoisotopic (exact) mass is 517 g/mol. The Morgan fingerprint density at radius 3 is 2.83 bits per heavy atom. The van der Waals surface area contributed by atoms with Gasteiger partial charge in [-0.25, -0.2) is 4.98 Å². The van der Waals surface area contributed by atoms with Gasteiger partial charge < -0.3 is 25.0 Å². The minimum atomic E-state index is 0. The predicted molar refractivity (Wildman–Crippen MR) is 128 cm³/mol. The van der Waals surface area contributed by atoms with E-state index in [1.54, 1.807) is 7.05 Å². The summed E-state index contributed by atoms with van der Waals surface area (Å²) in [7, 11) is 1.80. The summed E-state index contributed by atoms with van der Waals surface area (Å²) in [5, 5.41) is 6.74. The van der Waals surface area contributed by atoms with Gasteiger partial charge in [-0.15, -0.1) is 24.0 Å². The molecule has 29 heavy (non-hydrogen) atoms. The number of aliphatic imine (C=N–C) groups is 1. The molecule has 1 aromatic heterocycles. The molecule has 0 amide bonds. The van der Waals surface area contributed by atoms with Crippen LogP contribution in [0.4, 0.5) is 5.82 Å². The largest absolute Gasteiger partial charge is 0.381 e. The number of aromatic nitrogens is 1. The van der Waals surface area contributed by atoms with E-state index in [4.69, 9.17) is 9.47 Å². The van der Waals surface area contributed by atoms with Gasteiger partial charge >= 0.3 is 0 Å². The molecular weight excluding hydrogens is 481 g/mol. The zero-order chi connectivity index (χ0) is 19.4. The average Bonchev–Trinajstić information content (AvgIpc) is 3.29. The van der Waals surface area contributed by atoms with E-state index in [2.05, 4.69) is 37.6 Å². The first kappa shape index (κ1) is 24.1. The second-order valence-corrected chi connectivity index (χ2v) is 7.55. The minimum absolute atomic E-state index is 0. The second-order valence-electron chi connectivity index (χ2n) is 7.55. The van der Waals surface area contributed by atoms with Crippen molar-refractivity contribution < 1.29 is 9.47 Å². The lowest BCUT2D eigenvalue weighted by atomic mass is 10.0. The molecule has 0 unspecified atom stereocenters. The zero-order valence-electron chi connectivity index (χ0n) is 17.6. The summed E-state index contributed by atoms with van der Waals surface area (Å²) in [5.74, 6) is 2.58. The van der Waals surface area contributed by atoms with Crippen molar-refractivity contribution in [3.05, 3.63) is 23.9 Å². The van der Waals surface area contributed by atoms with E-state index in [0.29, 0.717) is 5.92 Å². The minimum Gasteiger partial charge on any atom is -0.381 e. The van der Waals surface area contributed by atoms with Crippen LogP contribution in [0.15, 0.2) is 23.3 Å². The van der Waals surface area contributed by atoms with Crippen molar-refractivity contribution in [3.63, 3.8) is 0 Å². The Labute approximate surface area is 192 Å². The first-order chi connectivity index (χ1) is 13.8. The lowest BCUT2D eigenvalue weighted by Gasteiger charge is -2.21. The third-order valence-corrected chi connectivity index (χ3v) is 5.38. The molecule has 3 heterocycles. The Hall–Kier alpha value is -1.13. The topological polar surface area (TPSA) is 71.0 Å². The van der Waals surface area contributed by atoms with Crippen molar-refractivity contribution in [2.75, 3.05) is 58.0 Å². The molecule has 0 aromatic carbocycles. The van der Waals surface area contributed by atoms with Crippen LogP contribution in [0, 0.1) is 5.92 Å². The van der Waals surface area contributed by atoms with Crippen LogP contribution < -0.4 is 15.5 Å². The van der Waals surface area contributed by atoms with Crippen molar-refractivity contribution in [2.24, 2.45) is 10.9 Å². The molecular formula is C21H36IN5O2. The molecule has 0 atom stereocenters. The van der Waals surface area contributed by atoms with Crippen LogP contribution in [-0.2, 0) is 16.0 Å². The van der Waals surface area contributed by atoms with E-state index < -0.39 is 0 Å². The summed E-state index contributed by atoms with van der Waals surface area (Å²) in [4.78, 5) is 11.2. The average molecular weight is 517 g/mol. The third-order valence-electron chi connectivity index (χ3n) is 5.38. The van der Waals surface area contributed by atoms with E-state index in [-0.39, 0.29) is 24.0 Å². The Balaban J connectivity index is 0.00000300. The number of rotatable bonds is 9. The summed E-state index contributed by atoms with van der Waals surface area (Å²) >= 11 is 0. The van der Waals surface area contributed by atoms with Crippen molar-refractivity contribution in [3.8, 4) is 0 Å². The number of halogens is 1. The van der Waals surface area contributed by atoms with E-state index in [1.807, 2.05) is 6.20 Å². The smallest absolute Gasteiger partial charge is 0.191 e. The molecule has 164 valence electrons. The first-order valence-electron chi connectivity index (χ1n) is 10.6. The van der Waals surface area contributed by atoms with Gasteiger partial charge in [0.25, 0.3) is 0 Å². The van der Waals surface area contributed by atoms with Crippen LogP contribution >= 0.6 is 24.0 Å². The van der Waals surface area contributed by atoms with Gasteiger partial charge in [0.2, 0.25) is 0 Å². The highest BCUT2D eigenvalue weighted by atomic mass is 127. The lowest BCUT2D eigenvalue weighted by molar-refractivity contribution is 0.0203. The van der Waals surface area contributed by atoms with Crippen molar-refractivity contribution in [2.45, 2.75) is 38.6 Å².